The maximum atomic E-state index is 10.3. The molecule has 0 bridgehead atoms. The highest BCUT2D eigenvalue weighted by molar-refractivity contribution is 5.31. The second kappa shape index (κ2) is 7.80. The largest absolute Gasteiger partial charge is 0.392 e. The summed E-state index contributed by atoms with van der Waals surface area (Å²) < 4.78 is 0. The Balaban J connectivity index is 1.99. The lowest BCUT2D eigenvalue weighted by molar-refractivity contribution is 0.0978. The summed E-state index contributed by atoms with van der Waals surface area (Å²) in [5, 5.41) is 13.9. The summed E-state index contributed by atoms with van der Waals surface area (Å²) in [5.74, 6) is 0.420. The first-order chi connectivity index (χ1) is 9.76. The van der Waals surface area contributed by atoms with Crippen molar-refractivity contribution in [2.24, 2.45) is 5.92 Å². The van der Waals surface area contributed by atoms with Gasteiger partial charge in [0.15, 0.2) is 0 Å². The lowest BCUT2D eigenvalue weighted by Crippen LogP contribution is -2.34. The molecule has 0 amide bonds. The zero-order chi connectivity index (χ0) is 14.4. The smallest absolute Gasteiger partial charge is 0.0692 e. The lowest BCUT2D eigenvalue weighted by atomic mass is 9.95. The van der Waals surface area contributed by atoms with Crippen molar-refractivity contribution in [3.63, 3.8) is 0 Å². The van der Waals surface area contributed by atoms with Crippen LogP contribution in [0.5, 0.6) is 0 Å². The molecule has 0 fully saturated rings. The summed E-state index contributed by atoms with van der Waals surface area (Å²) in [5.41, 5.74) is 2.93. The van der Waals surface area contributed by atoms with Crippen molar-refractivity contribution >= 4 is 0 Å². The van der Waals surface area contributed by atoms with Crippen LogP contribution in [0, 0.1) is 5.92 Å². The van der Waals surface area contributed by atoms with Crippen LogP contribution >= 0.6 is 0 Å². The third-order valence-electron chi connectivity index (χ3n) is 4.79. The van der Waals surface area contributed by atoms with Gasteiger partial charge in [0.1, 0.15) is 0 Å². The van der Waals surface area contributed by atoms with Gasteiger partial charge in [0.2, 0.25) is 0 Å². The number of aryl methyl sites for hydroxylation is 1. The number of fused-ring (bicyclic) bond motifs is 1. The average Bonchev–Trinajstić information content (AvgIpc) is 2.68. The van der Waals surface area contributed by atoms with Gasteiger partial charge >= 0.3 is 0 Å². The Morgan fingerprint density at radius 3 is 2.70 bits per heavy atom. The van der Waals surface area contributed by atoms with E-state index in [2.05, 4.69) is 43.4 Å². The molecule has 2 heteroatoms. The molecule has 2 rings (SSSR count). The molecule has 20 heavy (non-hydrogen) atoms. The Labute approximate surface area is 123 Å². The number of rotatable bonds is 6. The van der Waals surface area contributed by atoms with Crippen molar-refractivity contribution in [3.8, 4) is 0 Å². The number of aliphatic hydroxyl groups is 1. The van der Waals surface area contributed by atoms with Crippen molar-refractivity contribution in [2.45, 2.75) is 64.5 Å². The van der Waals surface area contributed by atoms with Gasteiger partial charge in [-0.25, -0.2) is 0 Å². The quantitative estimate of drug-likeness (QED) is 0.773. The minimum Gasteiger partial charge on any atom is -0.392 e. The van der Waals surface area contributed by atoms with Crippen LogP contribution in [0.1, 0.15) is 63.1 Å². The molecule has 2 unspecified atom stereocenters. The predicted molar refractivity (Wildman–Crippen MR) is 84.8 cm³/mol. The number of aliphatic hydroxyl groups excluding tert-OH is 1. The highest BCUT2D eigenvalue weighted by Gasteiger charge is 2.21. The summed E-state index contributed by atoms with van der Waals surface area (Å²) in [6, 6.07) is 9.20. The summed E-state index contributed by atoms with van der Waals surface area (Å²) in [6.45, 7) is 5.04. The van der Waals surface area contributed by atoms with E-state index in [1.807, 2.05) is 0 Å². The molecular formula is C18H29NO. The zero-order valence-corrected chi connectivity index (χ0v) is 12.9. The third kappa shape index (κ3) is 3.83. The Bertz CT molecular complexity index is 400. The van der Waals surface area contributed by atoms with E-state index in [0.29, 0.717) is 18.5 Å². The van der Waals surface area contributed by atoms with E-state index < -0.39 is 0 Å². The van der Waals surface area contributed by atoms with Crippen molar-refractivity contribution < 1.29 is 5.11 Å². The molecule has 1 aromatic rings. The van der Waals surface area contributed by atoms with E-state index in [-0.39, 0.29) is 6.10 Å². The fourth-order valence-electron chi connectivity index (χ4n) is 3.40. The fourth-order valence-corrected chi connectivity index (χ4v) is 3.40. The average molecular weight is 275 g/mol. The second-order valence-corrected chi connectivity index (χ2v) is 6.05. The molecule has 2 nitrogen and oxygen atoms in total. The first kappa shape index (κ1) is 15.5. The van der Waals surface area contributed by atoms with Gasteiger partial charge in [0, 0.05) is 12.6 Å². The van der Waals surface area contributed by atoms with E-state index in [9.17, 15) is 5.11 Å². The van der Waals surface area contributed by atoms with Crippen molar-refractivity contribution in [2.75, 3.05) is 6.54 Å². The molecule has 0 aromatic heterocycles. The van der Waals surface area contributed by atoms with E-state index >= 15 is 0 Å². The molecule has 0 saturated heterocycles. The SMILES string of the molecule is CCC(CC)C(O)CNC1CCCCc2ccccc21. The molecule has 0 radical (unpaired) electrons. The van der Waals surface area contributed by atoms with Gasteiger partial charge in [-0.2, -0.15) is 0 Å². The molecule has 2 N–H and O–H groups in total. The first-order valence-electron chi connectivity index (χ1n) is 8.25. The highest BCUT2D eigenvalue weighted by atomic mass is 16.3. The molecule has 112 valence electrons. The standard InChI is InChI=1S/C18H29NO/c1-3-14(4-2)18(20)13-19-17-12-8-6-10-15-9-5-7-11-16(15)17/h5,7,9,11,14,17-20H,3-4,6,8,10,12-13H2,1-2H3. The van der Waals surface area contributed by atoms with Gasteiger partial charge in [-0.1, -0.05) is 57.4 Å². The Kier molecular flexibility index (Phi) is 6.06. The van der Waals surface area contributed by atoms with Crippen LogP contribution in [0.25, 0.3) is 0 Å². The molecule has 1 aliphatic carbocycles. The number of nitrogens with one attached hydrogen (secondary N) is 1. The summed E-state index contributed by atoms with van der Waals surface area (Å²) in [7, 11) is 0. The lowest BCUT2D eigenvalue weighted by Gasteiger charge is -2.25. The molecule has 1 aromatic carbocycles. The molecule has 1 aliphatic rings. The van der Waals surface area contributed by atoms with Crippen LogP contribution in [0.3, 0.4) is 0 Å². The van der Waals surface area contributed by atoms with E-state index in [0.717, 1.165) is 12.8 Å². The Hall–Kier alpha value is -0.860. The first-order valence-corrected chi connectivity index (χ1v) is 8.25. The summed E-state index contributed by atoms with van der Waals surface area (Å²) in [6.07, 6.45) is 6.83. The Morgan fingerprint density at radius 1 is 1.20 bits per heavy atom. The third-order valence-corrected chi connectivity index (χ3v) is 4.79. The minimum atomic E-state index is -0.222. The van der Waals surface area contributed by atoms with Crippen molar-refractivity contribution in [1.82, 2.24) is 5.32 Å². The van der Waals surface area contributed by atoms with Gasteiger partial charge in [-0.15, -0.1) is 0 Å². The van der Waals surface area contributed by atoms with Crippen molar-refractivity contribution in [3.05, 3.63) is 35.4 Å². The van der Waals surface area contributed by atoms with Gasteiger partial charge < -0.3 is 10.4 Å². The van der Waals surface area contributed by atoms with E-state index in [1.54, 1.807) is 0 Å². The predicted octanol–water partition coefficient (Wildman–Crippen LogP) is 3.84. The van der Waals surface area contributed by atoms with Gasteiger partial charge in [0.05, 0.1) is 6.10 Å². The van der Waals surface area contributed by atoms with Crippen LogP contribution in [0.15, 0.2) is 24.3 Å². The molecular weight excluding hydrogens is 246 g/mol. The molecule has 2 atom stereocenters. The highest BCUT2D eigenvalue weighted by Crippen LogP contribution is 2.28. The van der Waals surface area contributed by atoms with Gasteiger partial charge in [0.25, 0.3) is 0 Å². The van der Waals surface area contributed by atoms with Crippen LogP contribution in [0.4, 0.5) is 0 Å². The molecule has 0 heterocycles. The molecule has 0 aliphatic heterocycles. The number of benzene rings is 1. The van der Waals surface area contributed by atoms with Crippen LogP contribution < -0.4 is 5.32 Å². The fraction of sp³-hybridized carbons (Fsp3) is 0.667. The van der Waals surface area contributed by atoms with Gasteiger partial charge in [-0.3, -0.25) is 0 Å². The summed E-state index contributed by atoms with van der Waals surface area (Å²) in [4.78, 5) is 0. The van der Waals surface area contributed by atoms with Crippen LogP contribution in [0.2, 0.25) is 0 Å². The topological polar surface area (TPSA) is 32.3 Å². The second-order valence-electron chi connectivity index (χ2n) is 6.05. The minimum absolute atomic E-state index is 0.222. The van der Waals surface area contributed by atoms with Crippen LogP contribution in [-0.4, -0.2) is 17.8 Å². The maximum absolute atomic E-state index is 10.3. The zero-order valence-electron chi connectivity index (χ0n) is 12.9. The normalized spacial score (nSPS) is 20.5. The van der Waals surface area contributed by atoms with E-state index in [1.165, 1.54) is 36.8 Å². The molecule has 0 saturated carbocycles. The monoisotopic (exact) mass is 275 g/mol. The number of hydrogen-bond donors (Lipinski definition) is 2. The van der Waals surface area contributed by atoms with E-state index in [4.69, 9.17) is 0 Å². The van der Waals surface area contributed by atoms with Crippen molar-refractivity contribution in [1.29, 1.82) is 0 Å². The Morgan fingerprint density at radius 2 is 1.95 bits per heavy atom. The maximum Gasteiger partial charge on any atom is 0.0692 e. The van der Waals surface area contributed by atoms with Gasteiger partial charge in [-0.05, 0) is 36.3 Å². The van der Waals surface area contributed by atoms with Crippen LogP contribution in [-0.2, 0) is 6.42 Å². The molecule has 0 spiro atoms. The number of hydrogen-bond acceptors (Lipinski definition) is 2. The summed E-state index contributed by atoms with van der Waals surface area (Å²) >= 11 is 0.